The normalized spacial score (nSPS) is 25.0. The number of ether oxygens (including phenoxy) is 1. The van der Waals surface area contributed by atoms with Crippen LogP contribution < -0.4 is 9.64 Å². The number of hydrogen-bond donors (Lipinski definition) is 1. The van der Waals surface area contributed by atoms with Crippen LogP contribution in [0.3, 0.4) is 0 Å². The van der Waals surface area contributed by atoms with Crippen molar-refractivity contribution in [3.8, 4) is 22.9 Å². The van der Waals surface area contributed by atoms with Gasteiger partial charge in [0.1, 0.15) is 24.3 Å². The number of alkyl halides is 1. The Kier molecular flexibility index (Phi) is 6.86. The third-order valence-electron chi connectivity index (χ3n) is 10.3. The zero-order chi connectivity index (χ0) is 30.1. The molecule has 4 saturated heterocycles. The third-order valence-corrected chi connectivity index (χ3v) is 12.1. The Morgan fingerprint density at radius 3 is 2.66 bits per heavy atom. The van der Waals surface area contributed by atoms with Crippen LogP contribution in [0.25, 0.3) is 32.8 Å². The molecule has 0 radical (unpaired) electrons. The molecule has 0 saturated carbocycles. The van der Waals surface area contributed by atoms with E-state index in [2.05, 4.69) is 21.6 Å². The largest absolute Gasteiger partial charge is 0.508 e. The predicted octanol–water partition coefficient (Wildman–Crippen LogP) is 7.26. The predicted molar refractivity (Wildman–Crippen MR) is 168 cm³/mol. The van der Waals surface area contributed by atoms with Crippen molar-refractivity contribution in [1.82, 2.24) is 14.9 Å². The molecule has 0 unspecified atom stereocenters. The average Bonchev–Trinajstić information content (AvgIpc) is 3.72. The van der Waals surface area contributed by atoms with Crippen LogP contribution in [0.5, 0.6) is 11.8 Å². The van der Waals surface area contributed by atoms with Gasteiger partial charge in [0.2, 0.25) is 0 Å². The van der Waals surface area contributed by atoms with Crippen molar-refractivity contribution in [1.29, 1.82) is 0 Å². The molecule has 44 heavy (non-hydrogen) atoms. The monoisotopic (exact) mass is 620 g/mol. The summed E-state index contributed by atoms with van der Waals surface area (Å²) in [4.78, 5) is 14.3. The van der Waals surface area contributed by atoms with Crippen LogP contribution in [-0.4, -0.2) is 75.0 Å². The molecular formula is C34H35F3N4O2S. The van der Waals surface area contributed by atoms with Gasteiger partial charge in [0.15, 0.2) is 11.6 Å². The molecule has 230 valence electrons. The minimum Gasteiger partial charge on any atom is -0.508 e. The number of nitrogens with zero attached hydrogens (tertiary/aromatic N) is 4. The van der Waals surface area contributed by atoms with Gasteiger partial charge < -0.3 is 14.7 Å². The van der Waals surface area contributed by atoms with Crippen LogP contribution >= 0.6 is 11.8 Å². The van der Waals surface area contributed by atoms with E-state index in [4.69, 9.17) is 14.7 Å². The number of fused-ring (bicyclic) bond motifs is 3. The molecule has 4 aromatic rings. The van der Waals surface area contributed by atoms with E-state index < -0.39 is 17.8 Å². The van der Waals surface area contributed by atoms with Crippen molar-refractivity contribution in [2.24, 2.45) is 0 Å². The van der Waals surface area contributed by atoms with Crippen molar-refractivity contribution >= 4 is 39.3 Å². The number of benzene rings is 3. The molecule has 4 aliphatic heterocycles. The number of piperidine rings is 1. The number of thioether (sulfide) groups is 1. The minimum atomic E-state index is -0.958. The number of halogens is 3. The van der Waals surface area contributed by atoms with Crippen molar-refractivity contribution in [2.45, 2.75) is 61.4 Å². The van der Waals surface area contributed by atoms with E-state index in [9.17, 15) is 13.9 Å². The van der Waals surface area contributed by atoms with E-state index in [1.165, 1.54) is 36.8 Å². The summed E-state index contributed by atoms with van der Waals surface area (Å²) in [6, 6.07) is 11.3. The minimum absolute atomic E-state index is 0.0406. The molecule has 2 atom stereocenters. The van der Waals surface area contributed by atoms with E-state index in [0.717, 1.165) is 62.6 Å². The van der Waals surface area contributed by atoms with Gasteiger partial charge in [-0.25, -0.2) is 13.2 Å². The van der Waals surface area contributed by atoms with Gasteiger partial charge in [-0.2, -0.15) is 21.7 Å². The second kappa shape index (κ2) is 10.7. The highest BCUT2D eigenvalue weighted by Crippen LogP contribution is 2.47. The molecule has 4 aliphatic rings. The summed E-state index contributed by atoms with van der Waals surface area (Å²) in [6.45, 7) is 3.39. The lowest BCUT2D eigenvalue weighted by atomic mass is 9.91. The van der Waals surface area contributed by atoms with Gasteiger partial charge in [-0.05, 0) is 97.7 Å². The van der Waals surface area contributed by atoms with Crippen molar-refractivity contribution in [3.63, 3.8) is 0 Å². The maximum Gasteiger partial charge on any atom is 0.319 e. The number of phenols is 1. The summed E-state index contributed by atoms with van der Waals surface area (Å²) in [5, 5.41) is 11.8. The van der Waals surface area contributed by atoms with Crippen molar-refractivity contribution < 1.29 is 23.0 Å². The number of anilines is 1. The Hall–Kier alpha value is -3.24. The molecule has 3 aromatic carbocycles. The highest BCUT2D eigenvalue weighted by molar-refractivity contribution is 8.00. The second-order valence-corrected chi connectivity index (χ2v) is 14.6. The molecule has 0 aliphatic carbocycles. The van der Waals surface area contributed by atoms with Crippen LogP contribution in [0.4, 0.5) is 19.0 Å². The second-order valence-electron chi connectivity index (χ2n) is 13.0. The molecule has 6 nitrogen and oxygen atoms in total. The fraction of sp³-hybridized carbons (Fsp3) is 0.471. The Morgan fingerprint density at radius 2 is 1.84 bits per heavy atom. The molecule has 10 heteroatoms. The Bertz CT molecular complexity index is 1760. The van der Waals surface area contributed by atoms with Crippen molar-refractivity contribution in [3.05, 3.63) is 54.1 Å². The Balaban J connectivity index is 1.20. The van der Waals surface area contributed by atoms with E-state index in [1.807, 2.05) is 18.2 Å². The summed E-state index contributed by atoms with van der Waals surface area (Å²) in [5.74, 6) is 0.0741. The maximum atomic E-state index is 15.1. The SMILES string of the molecule is Oc1cc(-c2ccc3c(N4CCC5(CCCS5)CC4)nc(OC[C@@]45CCCN4C[C@H](F)C5)nc3c2)c2c(F)c(F)ccc2c1. The fourth-order valence-electron chi connectivity index (χ4n) is 8.10. The number of aromatic nitrogens is 2. The summed E-state index contributed by atoms with van der Waals surface area (Å²) < 4.78 is 50.6. The lowest BCUT2D eigenvalue weighted by Gasteiger charge is -2.39. The molecular weight excluding hydrogens is 585 g/mol. The highest BCUT2D eigenvalue weighted by atomic mass is 32.2. The first kappa shape index (κ1) is 28.2. The van der Waals surface area contributed by atoms with E-state index >= 15 is 4.39 Å². The van der Waals surface area contributed by atoms with Gasteiger partial charge in [-0.3, -0.25) is 4.90 Å². The van der Waals surface area contributed by atoms with Gasteiger partial charge in [-0.15, -0.1) is 0 Å². The molecule has 1 spiro atoms. The molecule has 1 N–H and O–H groups in total. The topological polar surface area (TPSA) is 61.7 Å². The van der Waals surface area contributed by atoms with Crippen LogP contribution in [0.15, 0.2) is 42.5 Å². The van der Waals surface area contributed by atoms with Gasteiger partial charge in [0.05, 0.1) is 11.1 Å². The fourth-order valence-corrected chi connectivity index (χ4v) is 9.58. The highest BCUT2D eigenvalue weighted by Gasteiger charge is 2.49. The lowest BCUT2D eigenvalue weighted by molar-refractivity contribution is 0.107. The zero-order valence-electron chi connectivity index (χ0n) is 24.5. The van der Waals surface area contributed by atoms with Gasteiger partial charge in [-0.1, -0.05) is 12.1 Å². The first-order valence-electron chi connectivity index (χ1n) is 15.7. The van der Waals surface area contributed by atoms with Gasteiger partial charge in [0, 0.05) is 41.6 Å². The summed E-state index contributed by atoms with van der Waals surface area (Å²) in [6.07, 6.45) is 6.22. The lowest BCUT2D eigenvalue weighted by Crippen LogP contribution is -2.43. The van der Waals surface area contributed by atoms with E-state index in [0.29, 0.717) is 46.3 Å². The first-order chi connectivity index (χ1) is 21.3. The molecule has 5 heterocycles. The summed E-state index contributed by atoms with van der Waals surface area (Å²) in [7, 11) is 0. The smallest absolute Gasteiger partial charge is 0.319 e. The Morgan fingerprint density at radius 1 is 0.977 bits per heavy atom. The number of hydrogen-bond acceptors (Lipinski definition) is 7. The molecule has 0 amide bonds. The number of rotatable bonds is 5. The third kappa shape index (κ3) is 4.76. The van der Waals surface area contributed by atoms with Crippen LogP contribution in [0, 0.1) is 11.6 Å². The van der Waals surface area contributed by atoms with Crippen molar-refractivity contribution in [2.75, 3.05) is 43.4 Å². The molecule has 4 fully saturated rings. The van der Waals surface area contributed by atoms with Crippen LogP contribution in [0.1, 0.15) is 44.9 Å². The van der Waals surface area contributed by atoms with E-state index in [1.54, 1.807) is 0 Å². The Labute approximate surface area is 258 Å². The number of aromatic hydroxyl groups is 1. The van der Waals surface area contributed by atoms with Crippen LogP contribution in [-0.2, 0) is 0 Å². The summed E-state index contributed by atoms with van der Waals surface area (Å²) in [5.41, 5.74) is 1.25. The quantitative estimate of drug-likeness (QED) is 0.252. The average molecular weight is 621 g/mol. The standard InChI is InChI=1S/C34H35F3N4O2S/c35-23-18-33(7-1-11-41(33)19-23)20-43-32-38-28-16-21(26-17-24(42)15-22-4-6-27(36)30(37)29(22)26)3-5-25(28)31(39-32)40-12-9-34(10-13-40)8-2-14-44-34/h3-6,15-17,23,42H,1-2,7-14,18-20H2/t23-,33+/m1/s1. The summed E-state index contributed by atoms with van der Waals surface area (Å²) >= 11 is 2.11. The molecule has 0 bridgehead atoms. The molecule has 8 rings (SSSR count). The van der Waals surface area contributed by atoms with E-state index in [-0.39, 0.29) is 22.7 Å². The molecule has 1 aromatic heterocycles. The maximum absolute atomic E-state index is 15.1. The first-order valence-corrected chi connectivity index (χ1v) is 16.6. The van der Waals surface area contributed by atoms with Gasteiger partial charge >= 0.3 is 6.01 Å². The number of phenolic OH excluding ortho intramolecular Hbond substituents is 1. The van der Waals surface area contributed by atoms with Crippen LogP contribution in [0.2, 0.25) is 0 Å². The zero-order valence-corrected chi connectivity index (χ0v) is 25.3. The van der Waals surface area contributed by atoms with Gasteiger partial charge in [0.25, 0.3) is 0 Å².